The first-order valence-corrected chi connectivity index (χ1v) is 14.6. The number of amides is 1. The van der Waals surface area contributed by atoms with E-state index >= 15 is 0 Å². The standard InChI is InChI=1S/C29H30N6O3S2/c1-17-31-28(34-33-17)40-23-13-10-18(14-22(23)35(37)38)16-30-27-25(26(36)32-20-8-6-5-7-9-20)21-12-11-19(29(2,3)4)15-24(21)39-27/h5-10,13-14,16,19H,11-12,15H2,1-4H3,(H,32,36)(H,31,33,34)/t19-/m0/s1. The Kier molecular flexibility index (Phi) is 7.86. The van der Waals surface area contributed by atoms with Crippen LogP contribution in [0.4, 0.5) is 16.4 Å². The van der Waals surface area contributed by atoms with Gasteiger partial charge < -0.3 is 5.32 Å². The molecule has 0 bridgehead atoms. The van der Waals surface area contributed by atoms with E-state index in [9.17, 15) is 14.9 Å². The van der Waals surface area contributed by atoms with E-state index in [1.165, 1.54) is 10.9 Å². The lowest BCUT2D eigenvalue weighted by Crippen LogP contribution is -2.27. The van der Waals surface area contributed by atoms with Gasteiger partial charge in [0.1, 0.15) is 10.8 Å². The van der Waals surface area contributed by atoms with Gasteiger partial charge in [0.15, 0.2) is 0 Å². The lowest BCUT2D eigenvalue weighted by Gasteiger charge is -2.33. The van der Waals surface area contributed by atoms with Crippen LogP contribution >= 0.6 is 23.1 Å². The molecule has 2 aromatic heterocycles. The van der Waals surface area contributed by atoms with Crippen LogP contribution in [0.1, 0.15) is 59.4 Å². The number of thiophene rings is 1. The van der Waals surface area contributed by atoms with Crippen molar-refractivity contribution in [2.75, 3.05) is 5.32 Å². The van der Waals surface area contributed by atoms with Crippen LogP contribution in [0.3, 0.4) is 0 Å². The van der Waals surface area contributed by atoms with Crippen LogP contribution < -0.4 is 5.32 Å². The van der Waals surface area contributed by atoms with Gasteiger partial charge in [0.05, 0.1) is 15.4 Å². The van der Waals surface area contributed by atoms with E-state index in [1.54, 1.807) is 36.6 Å². The third-order valence-corrected chi connectivity index (χ3v) is 9.11. The number of carbonyl (C=O) groups excluding carboxylic acids is 1. The molecule has 1 aliphatic rings. The predicted octanol–water partition coefficient (Wildman–Crippen LogP) is 7.39. The largest absolute Gasteiger partial charge is 0.322 e. The zero-order valence-corrected chi connectivity index (χ0v) is 24.4. The molecule has 0 spiro atoms. The summed E-state index contributed by atoms with van der Waals surface area (Å²) in [6, 6.07) is 14.3. The van der Waals surface area contributed by atoms with Crippen LogP contribution in [0.25, 0.3) is 0 Å². The highest BCUT2D eigenvalue weighted by atomic mass is 32.2. The number of carbonyl (C=O) groups is 1. The maximum atomic E-state index is 13.5. The number of nitrogens with one attached hydrogen (secondary N) is 2. The fourth-order valence-corrected chi connectivity index (χ4v) is 6.91. The molecule has 0 aliphatic heterocycles. The Morgan fingerprint density at radius 3 is 2.70 bits per heavy atom. The fourth-order valence-electron chi connectivity index (χ4n) is 4.79. The first-order valence-electron chi connectivity index (χ1n) is 13.0. The molecular weight excluding hydrogens is 544 g/mol. The number of aryl methyl sites for hydroxylation is 1. The Morgan fingerprint density at radius 1 is 1.25 bits per heavy atom. The van der Waals surface area contributed by atoms with E-state index in [1.807, 2.05) is 30.3 Å². The number of fused-ring (bicyclic) bond motifs is 1. The summed E-state index contributed by atoms with van der Waals surface area (Å²) in [5.74, 6) is 0.957. The number of aromatic nitrogens is 3. The maximum absolute atomic E-state index is 13.5. The minimum Gasteiger partial charge on any atom is -0.322 e. The van der Waals surface area contributed by atoms with E-state index in [0.717, 1.165) is 42.3 Å². The third-order valence-electron chi connectivity index (χ3n) is 7.02. The molecule has 0 radical (unpaired) electrons. The molecule has 0 saturated carbocycles. The van der Waals surface area contributed by atoms with Crippen molar-refractivity contribution in [3.8, 4) is 0 Å². The van der Waals surface area contributed by atoms with Gasteiger partial charge in [-0.25, -0.2) is 9.98 Å². The van der Waals surface area contributed by atoms with Crippen LogP contribution in [0.15, 0.2) is 63.6 Å². The van der Waals surface area contributed by atoms with Gasteiger partial charge in [0.25, 0.3) is 11.6 Å². The molecule has 40 heavy (non-hydrogen) atoms. The first-order chi connectivity index (χ1) is 19.1. The molecule has 1 atom stereocenters. The zero-order chi connectivity index (χ0) is 28.4. The topological polar surface area (TPSA) is 126 Å². The van der Waals surface area contributed by atoms with Crippen molar-refractivity contribution in [3.05, 3.63) is 86.0 Å². The molecular formula is C29H30N6O3S2. The minimum atomic E-state index is -0.422. The lowest BCUT2D eigenvalue weighted by atomic mass is 9.72. The summed E-state index contributed by atoms with van der Waals surface area (Å²) in [5.41, 5.74) is 3.05. The number of aromatic amines is 1. The third kappa shape index (κ3) is 6.15. The molecule has 2 aromatic carbocycles. The van der Waals surface area contributed by atoms with Gasteiger partial charge in [-0.1, -0.05) is 45.0 Å². The Morgan fingerprint density at radius 2 is 2.02 bits per heavy atom. The predicted molar refractivity (Wildman–Crippen MR) is 159 cm³/mol. The second kappa shape index (κ2) is 11.3. The van der Waals surface area contributed by atoms with Gasteiger partial charge in [0, 0.05) is 22.8 Å². The van der Waals surface area contributed by atoms with Gasteiger partial charge in [-0.3, -0.25) is 20.0 Å². The van der Waals surface area contributed by atoms with Crippen LogP contribution in [0, 0.1) is 28.4 Å². The molecule has 0 unspecified atom stereocenters. The number of rotatable bonds is 7. The highest BCUT2D eigenvalue weighted by molar-refractivity contribution is 7.99. The molecule has 4 aromatic rings. The molecule has 0 saturated heterocycles. The van der Waals surface area contributed by atoms with Gasteiger partial charge in [-0.2, -0.15) is 0 Å². The average molecular weight is 575 g/mol. The van der Waals surface area contributed by atoms with E-state index in [4.69, 9.17) is 4.99 Å². The van der Waals surface area contributed by atoms with Gasteiger partial charge in [-0.05, 0) is 78.6 Å². The number of para-hydroxylation sites is 1. The summed E-state index contributed by atoms with van der Waals surface area (Å²) >= 11 is 2.66. The monoisotopic (exact) mass is 574 g/mol. The number of anilines is 1. The molecule has 5 rings (SSSR count). The SMILES string of the molecule is Cc1nc(Sc2ccc(C=Nc3sc4c(c3C(=O)Nc3ccccc3)CC[C@H](C(C)(C)C)C4)cc2[N+](=O)[O-])n[nH]1. The highest BCUT2D eigenvalue weighted by Crippen LogP contribution is 2.45. The number of benzene rings is 2. The summed E-state index contributed by atoms with van der Waals surface area (Å²) in [4.78, 5) is 35.5. The molecule has 11 heteroatoms. The van der Waals surface area contributed by atoms with Crippen molar-refractivity contribution in [1.29, 1.82) is 0 Å². The molecule has 206 valence electrons. The second-order valence-electron chi connectivity index (χ2n) is 10.9. The van der Waals surface area contributed by atoms with Gasteiger partial charge >= 0.3 is 0 Å². The highest BCUT2D eigenvalue weighted by Gasteiger charge is 2.33. The number of nitrogens with zero attached hydrogens (tertiary/aromatic N) is 4. The lowest BCUT2D eigenvalue weighted by molar-refractivity contribution is -0.387. The zero-order valence-electron chi connectivity index (χ0n) is 22.7. The van der Waals surface area contributed by atoms with Crippen molar-refractivity contribution in [3.63, 3.8) is 0 Å². The normalized spacial score (nSPS) is 15.2. The molecule has 2 N–H and O–H groups in total. The van der Waals surface area contributed by atoms with Crippen molar-refractivity contribution < 1.29 is 9.72 Å². The molecule has 0 fully saturated rings. The Labute approximate surface area is 240 Å². The summed E-state index contributed by atoms with van der Waals surface area (Å²) in [6.45, 7) is 8.55. The van der Waals surface area contributed by atoms with Crippen LogP contribution in [0.2, 0.25) is 0 Å². The Hall–Kier alpha value is -3.83. The van der Waals surface area contributed by atoms with Gasteiger partial charge in [-0.15, -0.1) is 16.4 Å². The molecule has 9 nitrogen and oxygen atoms in total. The number of H-pyrrole nitrogens is 1. The minimum absolute atomic E-state index is 0.0584. The fraction of sp³-hybridized carbons (Fsp3) is 0.310. The van der Waals surface area contributed by atoms with Crippen LogP contribution in [-0.2, 0) is 12.8 Å². The average Bonchev–Trinajstić information content (AvgIpc) is 3.50. The Balaban J connectivity index is 1.48. The van der Waals surface area contributed by atoms with Crippen molar-refractivity contribution in [2.45, 2.75) is 57.0 Å². The summed E-state index contributed by atoms with van der Waals surface area (Å²) in [7, 11) is 0. The second-order valence-corrected chi connectivity index (χ2v) is 13.0. The van der Waals surface area contributed by atoms with E-state index in [2.05, 4.69) is 41.3 Å². The molecule has 2 heterocycles. The number of hydrogen-bond donors (Lipinski definition) is 2. The molecule has 1 aliphatic carbocycles. The molecule has 1 amide bonds. The number of nitro groups is 1. The maximum Gasteiger partial charge on any atom is 0.283 e. The summed E-state index contributed by atoms with van der Waals surface area (Å²) < 4.78 is 0. The number of hydrogen-bond acceptors (Lipinski definition) is 8. The van der Waals surface area contributed by atoms with Crippen molar-refractivity contribution in [1.82, 2.24) is 15.2 Å². The van der Waals surface area contributed by atoms with Crippen molar-refractivity contribution in [2.24, 2.45) is 16.3 Å². The number of aliphatic imine (C=N–C) groups is 1. The van der Waals surface area contributed by atoms with Crippen LogP contribution in [0.5, 0.6) is 0 Å². The van der Waals surface area contributed by atoms with Gasteiger partial charge in [0.2, 0.25) is 5.16 Å². The van der Waals surface area contributed by atoms with E-state index < -0.39 is 4.92 Å². The van der Waals surface area contributed by atoms with Crippen molar-refractivity contribution >= 4 is 51.6 Å². The number of nitro benzene ring substituents is 1. The smallest absolute Gasteiger partial charge is 0.283 e. The summed E-state index contributed by atoms with van der Waals surface area (Å²) in [5, 5.41) is 22.7. The Bertz CT molecular complexity index is 1590. The summed E-state index contributed by atoms with van der Waals surface area (Å²) in [6.07, 6.45) is 4.33. The van der Waals surface area contributed by atoms with Crippen LogP contribution in [-0.4, -0.2) is 32.2 Å². The quantitative estimate of drug-likeness (QED) is 0.135. The van der Waals surface area contributed by atoms with E-state index in [-0.39, 0.29) is 17.0 Å². The van der Waals surface area contributed by atoms with E-state index in [0.29, 0.717) is 37.9 Å². The first kappa shape index (κ1) is 27.7.